The molecule has 0 saturated heterocycles. The highest BCUT2D eigenvalue weighted by Crippen LogP contribution is 2.27. The lowest BCUT2D eigenvalue weighted by Crippen LogP contribution is -2.48. The summed E-state index contributed by atoms with van der Waals surface area (Å²) in [5, 5.41) is 8.13. The number of fused-ring (bicyclic) bond motifs is 1. The highest BCUT2D eigenvalue weighted by atomic mass is 16.2. The molecule has 6 heteroatoms. The number of rotatable bonds is 6. The minimum atomic E-state index is -0.278. The molecule has 0 aliphatic carbocycles. The Labute approximate surface area is 197 Å². The van der Waals surface area contributed by atoms with Crippen LogP contribution >= 0.6 is 0 Å². The van der Waals surface area contributed by atoms with Gasteiger partial charge in [0.25, 0.3) is 0 Å². The van der Waals surface area contributed by atoms with Crippen molar-refractivity contribution >= 4 is 6.03 Å². The lowest BCUT2D eigenvalue weighted by molar-refractivity contribution is 0.187. The highest BCUT2D eigenvalue weighted by Gasteiger charge is 2.28. The van der Waals surface area contributed by atoms with Gasteiger partial charge in [0.15, 0.2) is 0 Å². The van der Waals surface area contributed by atoms with Crippen LogP contribution in [0.25, 0.3) is 5.69 Å². The Morgan fingerprint density at radius 1 is 1.06 bits per heavy atom. The number of urea groups is 1. The normalized spacial score (nSPS) is 14.1. The molecule has 174 valence electrons. The van der Waals surface area contributed by atoms with E-state index < -0.39 is 0 Å². The van der Waals surface area contributed by atoms with Gasteiger partial charge in [-0.25, -0.2) is 9.48 Å². The third kappa shape index (κ3) is 5.63. The van der Waals surface area contributed by atoms with Crippen LogP contribution in [0.2, 0.25) is 0 Å². The van der Waals surface area contributed by atoms with Crippen LogP contribution in [-0.4, -0.2) is 44.2 Å². The van der Waals surface area contributed by atoms with Gasteiger partial charge in [-0.05, 0) is 45.4 Å². The lowest BCUT2D eigenvalue weighted by Gasteiger charge is -2.29. The molecule has 1 N–H and O–H groups in total. The molecule has 2 aromatic carbocycles. The largest absolute Gasteiger partial charge is 0.333 e. The average Bonchev–Trinajstić information content (AvgIpc) is 3.15. The van der Waals surface area contributed by atoms with Crippen molar-refractivity contribution in [1.82, 2.24) is 24.9 Å². The quantitative estimate of drug-likeness (QED) is 0.595. The smallest absolute Gasteiger partial charge is 0.318 e. The minimum Gasteiger partial charge on any atom is -0.333 e. The zero-order valence-corrected chi connectivity index (χ0v) is 20.2. The topological polar surface area (TPSA) is 53.4 Å². The van der Waals surface area contributed by atoms with Crippen LogP contribution in [0, 0.1) is 0 Å². The fourth-order valence-corrected chi connectivity index (χ4v) is 4.34. The van der Waals surface area contributed by atoms with Crippen LogP contribution in [-0.2, 0) is 26.1 Å². The molecule has 4 rings (SSSR count). The van der Waals surface area contributed by atoms with E-state index >= 15 is 0 Å². The summed E-state index contributed by atoms with van der Waals surface area (Å²) in [5.74, 6) is 0. The predicted octanol–water partition coefficient (Wildman–Crippen LogP) is 4.76. The van der Waals surface area contributed by atoms with E-state index in [0.717, 1.165) is 37.4 Å². The number of hydrogen-bond acceptors (Lipinski definition) is 3. The second-order valence-corrected chi connectivity index (χ2v) is 9.76. The van der Waals surface area contributed by atoms with Crippen molar-refractivity contribution in [3.05, 3.63) is 83.2 Å². The van der Waals surface area contributed by atoms with E-state index in [1.807, 2.05) is 50.8 Å². The van der Waals surface area contributed by atoms with E-state index in [0.29, 0.717) is 13.1 Å². The summed E-state index contributed by atoms with van der Waals surface area (Å²) >= 11 is 0. The van der Waals surface area contributed by atoms with Crippen molar-refractivity contribution in [2.45, 2.75) is 59.3 Å². The second kappa shape index (κ2) is 9.79. The molecule has 2 heterocycles. The Morgan fingerprint density at radius 2 is 1.73 bits per heavy atom. The van der Waals surface area contributed by atoms with Gasteiger partial charge in [-0.3, -0.25) is 4.90 Å². The molecule has 0 saturated carbocycles. The first-order valence-electron chi connectivity index (χ1n) is 11.8. The van der Waals surface area contributed by atoms with Gasteiger partial charge in [0, 0.05) is 43.7 Å². The molecular weight excluding hydrogens is 410 g/mol. The number of carbonyl (C=O) groups excluding carboxylic acids is 1. The first kappa shape index (κ1) is 23.1. The molecular formula is C27H35N5O. The van der Waals surface area contributed by atoms with Gasteiger partial charge < -0.3 is 10.2 Å². The van der Waals surface area contributed by atoms with Crippen LogP contribution in [0.1, 0.15) is 50.2 Å². The molecule has 0 radical (unpaired) electrons. The van der Waals surface area contributed by atoms with Crippen LogP contribution in [0.5, 0.6) is 0 Å². The van der Waals surface area contributed by atoms with Crippen LogP contribution < -0.4 is 5.32 Å². The van der Waals surface area contributed by atoms with Crippen LogP contribution in [0.15, 0.2) is 60.7 Å². The Bertz CT molecular complexity index is 1070. The molecule has 0 fully saturated rings. The molecule has 0 spiro atoms. The maximum absolute atomic E-state index is 12.9. The number of hydrogen-bond donors (Lipinski definition) is 1. The second-order valence-electron chi connectivity index (χ2n) is 9.76. The lowest BCUT2D eigenvalue weighted by atomic mass is 10.0. The Balaban J connectivity index is 1.63. The van der Waals surface area contributed by atoms with Crippen LogP contribution in [0.3, 0.4) is 0 Å². The van der Waals surface area contributed by atoms with Gasteiger partial charge in [-0.1, -0.05) is 48.5 Å². The maximum Gasteiger partial charge on any atom is 0.318 e. The summed E-state index contributed by atoms with van der Waals surface area (Å²) < 4.78 is 2.08. The third-order valence-electron chi connectivity index (χ3n) is 5.96. The van der Waals surface area contributed by atoms with Gasteiger partial charge in [0.05, 0.1) is 23.6 Å². The molecule has 0 atom stereocenters. The molecule has 1 aliphatic heterocycles. The zero-order valence-electron chi connectivity index (χ0n) is 20.2. The number of amides is 2. The summed E-state index contributed by atoms with van der Waals surface area (Å²) in [7, 11) is 0. The van der Waals surface area contributed by atoms with E-state index in [1.54, 1.807) is 0 Å². The van der Waals surface area contributed by atoms with E-state index in [9.17, 15) is 4.79 Å². The molecule has 1 aliphatic rings. The fourth-order valence-electron chi connectivity index (χ4n) is 4.34. The summed E-state index contributed by atoms with van der Waals surface area (Å²) in [6.45, 7) is 11.9. The van der Waals surface area contributed by atoms with Gasteiger partial charge in [0.1, 0.15) is 0 Å². The number of para-hydroxylation sites is 1. The number of benzene rings is 2. The standard InChI is InChI=1S/C27H35N5O/c1-5-31(26(33)28-27(2,3)4)20-24-23-19-30(18-21-12-8-6-9-13-21)17-16-25(23)32(29-24)22-14-10-7-11-15-22/h6-15H,5,16-20H2,1-4H3,(H,28,33). The number of nitrogens with one attached hydrogen (secondary N) is 1. The van der Waals surface area contributed by atoms with Crippen molar-refractivity contribution in [1.29, 1.82) is 0 Å². The molecule has 2 amide bonds. The summed E-state index contributed by atoms with van der Waals surface area (Å²) in [5.41, 5.74) is 5.60. The minimum absolute atomic E-state index is 0.0510. The Hall–Kier alpha value is -3.12. The zero-order chi connectivity index (χ0) is 23.4. The Kier molecular flexibility index (Phi) is 6.84. The van der Waals surface area contributed by atoms with Crippen LogP contribution in [0.4, 0.5) is 4.79 Å². The highest BCUT2D eigenvalue weighted by molar-refractivity contribution is 5.75. The van der Waals surface area contributed by atoms with E-state index in [1.165, 1.54) is 16.8 Å². The predicted molar refractivity (Wildman–Crippen MR) is 132 cm³/mol. The first-order chi connectivity index (χ1) is 15.8. The SMILES string of the molecule is CCN(Cc1nn(-c2ccccc2)c2c1CN(Cc1ccccc1)CC2)C(=O)NC(C)(C)C. The molecule has 3 aromatic rings. The van der Waals surface area contributed by atoms with Crippen molar-refractivity contribution in [2.24, 2.45) is 0 Å². The fraction of sp³-hybridized carbons (Fsp3) is 0.407. The van der Waals surface area contributed by atoms with Gasteiger partial charge >= 0.3 is 6.03 Å². The summed E-state index contributed by atoms with van der Waals surface area (Å²) in [4.78, 5) is 17.2. The Morgan fingerprint density at radius 3 is 2.36 bits per heavy atom. The first-order valence-corrected chi connectivity index (χ1v) is 11.8. The number of nitrogens with zero attached hydrogens (tertiary/aromatic N) is 4. The van der Waals surface area contributed by atoms with E-state index in [2.05, 4.69) is 57.4 Å². The van der Waals surface area contributed by atoms with Gasteiger partial charge in [-0.15, -0.1) is 0 Å². The number of carbonyl (C=O) groups is 1. The molecule has 33 heavy (non-hydrogen) atoms. The summed E-state index contributed by atoms with van der Waals surface area (Å²) in [6.07, 6.45) is 0.935. The molecule has 1 aromatic heterocycles. The van der Waals surface area contributed by atoms with Crippen molar-refractivity contribution < 1.29 is 4.79 Å². The molecule has 0 bridgehead atoms. The van der Waals surface area contributed by atoms with E-state index in [-0.39, 0.29) is 11.6 Å². The van der Waals surface area contributed by atoms with Crippen molar-refractivity contribution in [3.8, 4) is 5.69 Å². The molecule has 0 unspecified atom stereocenters. The third-order valence-corrected chi connectivity index (χ3v) is 5.96. The van der Waals surface area contributed by atoms with Crippen molar-refractivity contribution in [3.63, 3.8) is 0 Å². The van der Waals surface area contributed by atoms with Gasteiger partial charge in [0.2, 0.25) is 0 Å². The maximum atomic E-state index is 12.9. The molecule has 6 nitrogen and oxygen atoms in total. The van der Waals surface area contributed by atoms with Crippen molar-refractivity contribution in [2.75, 3.05) is 13.1 Å². The average molecular weight is 446 g/mol. The monoisotopic (exact) mass is 445 g/mol. The van der Waals surface area contributed by atoms with E-state index in [4.69, 9.17) is 5.10 Å². The number of aromatic nitrogens is 2. The van der Waals surface area contributed by atoms with Gasteiger partial charge in [-0.2, -0.15) is 5.10 Å². The summed E-state index contributed by atoms with van der Waals surface area (Å²) in [6, 6.07) is 20.9.